The zero-order valence-corrected chi connectivity index (χ0v) is 17.0. The molecular formula is C23H25N5O2. The number of aryl methyl sites for hydroxylation is 1. The second kappa shape index (κ2) is 9.37. The van der Waals surface area contributed by atoms with Crippen LogP contribution in [0, 0.1) is 6.92 Å². The zero-order valence-electron chi connectivity index (χ0n) is 17.0. The van der Waals surface area contributed by atoms with Gasteiger partial charge in [0.25, 0.3) is 0 Å². The van der Waals surface area contributed by atoms with Crippen molar-refractivity contribution in [3.8, 4) is 11.5 Å². The molecule has 7 heteroatoms. The fourth-order valence-corrected chi connectivity index (χ4v) is 3.31. The lowest BCUT2D eigenvalue weighted by atomic mass is 10.2. The SMILES string of the molecule is Cc1ccc(Oc2ccc(NC(=O)CN3CCN(c4ncccn4)CC3)cc2)cc1. The van der Waals surface area contributed by atoms with Crippen LogP contribution in [0.2, 0.25) is 0 Å². The van der Waals surface area contributed by atoms with Gasteiger partial charge >= 0.3 is 0 Å². The Morgan fingerprint density at radius 1 is 0.933 bits per heavy atom. The third-order valence-electron chi connectivity index (χ3n) is 4.97. The predicted molar refractivity (Wildman–Crippen MR) is 117 cm³/mol. The number of amides is 1. The fraction of sp³-hybridized carbons (Fsp3) is 0.261. The van der Waals surface area contributed by atoms with E-state index >= 15 is 0 Å². The summed E-state index contributed by atoms with van der Waals surface area (Å²) in [6.07, 6.45) is 3.50. The van der Waals surface area contributed by atoms with Crippen LogP contribution in [0.3, 0.4) is 0 Å². The lowest BCUT2D eigenvalue weighted by Gasteiger charge is -2.34. The van der Waals surface area contributed by atoms with Gasteiger partial charge in [-0.2, -0.15) is 0 Å². The number of anilines is 2. The molecule has 1 amide bonds. The van der Waals surface area contributed by atoms with E-state index in [-0.39, 0.29) is 5.91 Å². The number of ether oxygens (including phenoxy) is 1. The molecule has 4 rings (SSSR count). The van der Waals surface area contributed by atoms with Gasteiger partial charge in [-0.3, -0.25) is 9.69 Å². The number of rotatable bonds is 6. The van der Waals surface area contributed by atoms with Gasteiger partial charge in [0.2, 0.25) is 11.9 Å². The third kappa shape index (κ3) is 5.33. The normalized spacial score (nSPS) is 14.4. The van der Waals surface area contributed by atoms with Crippen LogP contribution in [0.15, 0.2) is 67.0 Å². The van der Waals surface area contributed by atoms with E-state index in [1.807, 2.05) is 61.5 Å². The largest absolute Gasteiger partial charge is 0.457 e. The Bertz CT molecular complexity index is 953. The van der Waals surface area contributed by atoms with Gasteiger partial charge in [-0.05, 0) is 49.4 Å². The van der Waals surface area contributed by atoms with Gasteiger partial charge in [-0.25, -0.2) is 9.97 Å². The molecule has 154 valence electrons. The summed E-state index contributed by atoms with van der Waals surface area (Å²) in [5.74, 6) is 2.25. The maximum Gasteiger partial charge on any atom is 0.238 e. The topological polar surface area (TPSA) is 70.6 Å². The van der Waals surface area contributed by atoms with Crippen LogP contribution in [-0.4, -0.2) is 53.5 Å². The molecular weight excluding hydrogens is 378 g/mol. The highest BCUT2D eigenvalue weighted by Crippen LogP contribution is 2.23. The summed E-state index contributed by atoms with van der Waals surface area (Å²) in [7, 11) is 0. The van der Waals surface area contributed by atoms with Crippen LogP contribution in [0.4, 0.5) is 11.6 Å². The second-order valence-corrected chi connectivity index (χ2v) is 7.30. The molecule has 2 heterocycles. The molecule has 0 unspecified atom stereocenters. The van der Waals surface area contributed by atoms with Gasteiger partial charge in [0.1, 0.15) is 11.5 Å². The first-order chi connectivity index (χ1) is 14.7. The number of nitrogens with zero attached hydrogens (tertiary/aromatic N) is 4. The molecule has 0 bridgehead atoms. The second-order valence-electron chi connectivity index (χ2n) is 7.30. The molecule has 2 aromatic carbocycles. The molecule has 0 spiro atoms. The molecule has 0 saturated carbocycles. The molecule has 1 saturated heterocycles. The van der Waals surface area contributed by atoms with Gasteiger partial charge in [0.15, 0.2) is 0 Å². The van der Waals surface area contributed by atoms with Crippen molar-refractivity contribution in [2.24, 2.45) is 0 Å². The Morgan fingerprint density at radius 3 is 2.17 bits per heavy atom. The summed E-state index contributed by atoms with van der Waals surface area (Å²) in [4.78, 5) is 25.3. The molecule has 0 aliphatic carbocycles. The Labute approximate surface area is 176 Å². The van der Waals surface area contributed by atoms with E-state index in [1.54, 1.807) is 12.4 Å². The van der Waals surface area contributed by atoms with E-state index in [2.05, 4.69) is 25.1 Å². The van der Waals surface area contributed by atoms with Crippen molar-refractivity contribution >= 4 is 17.5 Å². The Kier molecular flexibility index (Phi) is 6.20. The van der Waals surface area contributed by atoms with Gasteiger partial charge in [0, 0.05) is 44.3 Å². The van der Waals surface area contributed by atoms with Crippen molar-refractivity contribution in [2.45, 2.75) is 6.92 Å². The molecule has 3 aromatic rings. The summed E-state index contributed by atoms with van der Waals surface area (Å²) in [5, 5.41) is 2.96. The van der Waals surface area contributed by atoms with Gasteiger partial charge in [-0.15, -0.1) is 0 Å². The molecule has 1 fully saturated rings. The van der Waals surface area contributed by atoms with E-state index in [0.717, 1.165) is 49.3 Å². The van der Waals surface area contributed by atoms with Gasteiger partial charge < -0.3 is 15.0 Å². The molecule has 1 aromatic heterocycles. The molecule has 1 N–H and O–H groups in total. The van der Waals surface area contributed by atoms with E-state index in [4.69, 9.17) is 4.74 Å². The average Bonchev–Trinajstić information content (AvgIpc) is 2.78. The van der Waals surface area contributed by atoms with Crippen molar-refractivity contribution in [3.63, 3.8) is 0 Å². The summed E-state index contributed by atoms with van der Waals surface area (Å²) in [6, 6.07) is 17.1. The highest BCUT2D eigenvalue weighted by Gasteiger charge is 2.20. The standard InChI is InChI=1S/C23H25N5O2/c1-18-3-7-20(8-4-18)30-21-9-5-19(6-10-21)26-22(29)17-27-13-15-28(16-14-27)23-24-11-2-12-25-23/h2-12H,13-17H2,1H3,(H,26,29). The summed E-state index contributed by atoms with van der Waals surface area (Å²) >= 11 is 0. The molecule has 30 heavy (non-hydrogen) atoms. The minimum atomic E-state index is -0.0217. The number of hydrogen-bond acceptors (Lipinski definition) is 6. The maximum absolute atomic E-state index is 12.4. The van der Waals surface area contributed by atoms with Crippen LogP contribution < -0.4 is 15.0 Å². The van der Waals surface area contributed by atoms with Crippen molar-refractivity contribution < 1.29 is 9.53 Å². The zero-order chi connectivity index (χ0) is 20.8. The van der Waals surface area contributed by atoms with Crippen molar-refractivity contribution in [3.05, 3.63) is 72.6 Å². The molecule has 0 atom stereocenters. The number of hydrogen-bond donors (Lipinski definition) is 1. The number of carbonyl (C=O) groups excluding carboxylic acids is 1. The number of nitrogens with one attached hydrogen (secondary N) is 1. The van der Waals surface area contributed by atoms with E-state index in [9.17, 15) is 4.79 Å². The molecule has 0 radical (unpaired) electrons. The van der Waals surface area contributed by atoms with Gasteiger partial charge in [-0.1, -0.05) is 17.7 Å². The Morgan fingerprint density at radius 2 is 1.53 bits per heavy atom. The predicted octanol–water partition coefficient (Wildman–Crippen LogP) is 3.34. The van der Waals surface area contributed by atoms with Crippen molar-refractivity contribution in [1.29, 1.82) is 0 Å². The van der Waals surface area contributed by atoms with E-state index in [1.165, 1.54) is 5.56 Å². The summed E-state index contributed by atoms with van der Waals surface area (Å²) in [5.41, 5.74) is 1.95. The maximum atomic E-state index is 12.4. The average molecular weight is 403 g/mol. The van der Waals surface area contributed by atoms with Crippen LogP contribution in [0.25, 0.3) is 0 Å². The number of aromatic nitrogens is 2. The van der Waals surface area contributed by atoms with Crippen LogP contribution in [0.1, 0.15) is 5.56 Å². The highest BCUT2D eigenvalue weighted by atomic mass is 16.5. The van der Waals surface area contributed by atoms with Crippen molar-refractivity contribution in [2.75, 3.05) is 42.9 Å². The lowest BCUT2D eigenvalue weighted by Crippen LogP contribution is -2.49. The van der Waals surface area contributed by atoms with Gasteiger partial charge in [0.05, 0.1) is 6.54 Å². The first-order valence-corrected chi connectivity index (χ1v) is 10.0. The molecule has 1 aliphatic heterocycles. The molecule has 7 nitrogen and oxygen atoms in total. The van der Waals surface area contributed by atoms with E-state index in [0.29, 0.717) is 6.54 Å². The fourth-order valence-electron chi connectivity index (χ4n) is 3.31. The minimum Gasteiger partial charge on any atom is -0.457 e. The Hall–Kier alpha value is -3.45. The van der Waals surface area contributed by atoms with Crippen LogP contribution >= 0.6 is 0 Å². The summed E-state index contributed by atoms with van der Waals surface area (Å²) < 4.78 is 5.83. The van der Waals surface area contributed by atoms with Crippen molar-refractivity contribution in [1.82, 2.24) is 14.9 Å². The first-order valence-electron chi connectivity index (χ1n) is 10.0. The monoisotopic (exact) mass is 403 g/mol. The highest BCUT2D eigenvalue weighted by molar-refractivity contribution is 5.92. The quantitative estimate of drug-likeness (QED) is 0.681. The Balaban J connectivity index is 1.24. The third-order valence-corrected chi connectivity index (χ3v) is 4.97. The van der Waals surface area contributed by atoms with E-state index < -0.39 is 0 Å². The first kappa shape index (κ1) is 19.8. The lowest BCUT2D eigenvalue weighted by molar-refractivity contribution is -0.117. The molecule has 1 aliphatic rings. The number of carbonyl (C=O) groups is 1. The van der Waals surface area contributed by atoms with Crippen LogP contribution in [-0.2, 0) is 4.79 Å². The minimum absolute atomic E-state index is 0.0217. The van der Waals surface area contributed by atoms with Crippen LogP contribution in [0.5, 0.6) is 11.5 Å². The number of benzene rings is 2. The smallest absolute Gasteiger partial charge is 0.238 e. The summed E-state index contributed by atoms with van der Waals surface area (Å²) in [6.45, 7) is 5.62. The number of piperazine rings is 1.